The summed E-state index contributed by atoms with van der Waals surface area (Å²) in [5.74, 6) is 2.23. The Bertz CT molecular complexity index is 1350. The smallest absolute Gasteiger partial charge is 0.270 e. The second kappa shape index (κ2) is 7.65. The number of hydrogen-bond acceptors (Lipinski definition) is 4. The summed E-state index contributed by atoms with van der Waals surface area (Å²) in [5, 5.41) is 0. The van der Waals surface area contributed by atoms with Crippen LogP contribution in [0.15, 0.2) is 42.9 Å². The van der Waals surface area contributed by atoms with Crippen LogP contribution in [-0.4, -0.2) is 48.2 Å². The normalized spacial score (nSPS) is 18.7. The molecule has 8 nitrogen and oxygen atoms in total. The number of carbonyl (C=O) groups excluding carboxylic acids is 1. The van der Waals surface area contributed by atoms with E-state index in [1.54, 1.807) is 12.4 Å². The molecular formula is C25H27N7O. The summed E-state index contributed by atoms with van der Waals surface area (Å²) >= 11 is 0. The number of hydrogen-bond donors (Lipinski definition) is 3. The van der Waals surface area contributed by atoms with E-state index in [1.807, 2.05) is 23.2 Å². The fraction of sp³-hybridized carbons (Fsp3) is 0.320. The summed E-state index contributed by atoms with van der Waals surface area (Å²) < 4.78 is 2.09. The van der Waals surface area contributed by atoms with E-state index in [2.05, 4.69) is 44.5 Å². The maximum atomic E-state index is 12.7. The molecule has 1 atom stereocenters. The number of fused-ring (bicyclic) bond motifs is 2. The molecule has 1 unspecified atom stereocenters. The molecule has 4 aromatic rings. The zero-order chi connectivity index (χ0) is 22.5. The van der Waals surface area contributed by atoms with Crippen LogP contribution in [0.4, 0.5) is 5.82 Å². The lowest BCUT2D eigenvalue weighted by molar-refractivity contribution is 0.0705. The van der Waals surface area contributed by atoms with Gasteiger partial charge in [0.25, 0.3) is 5.91 Å². The molecule has 1 fully saturated rings. The zero-order valence-corrected chi connectivity index (χ0v) is 18.6. The molecule has 168 valence electrons. The Kier molecular flexibility index (Phi) is 4.60. The van der Waals surface area contributed by atoms with Gasteiger partial charge in [-0.15, -0.1) is 0 Å². The Hall–Kier alpha value is -3.81. The minimum Gasteiger partial charge on any atom is -0.382 e. The topological polar surface area (TPSA) is 108 Å². The number of rotatable bonds is 3. The van der Waals surface area contributed by atoms with Crippen LogP contribution in [0, 0.1) is 0 Å². The molecule has 1 aliphatic carbocycles. The Morgan fingerprint density at radius 2 is 2.12 bits per heavy atom. The average Bonchev–Trinajstić information content (AvgIpc) is 3.58. The molecule has 0 aromatic carbocycles. The molecule has 6 rings (SSSR count). The number of nitrogens with two attached hydrogens (primary N) is 1. The Morgan fingerprint density at radius 1 is 1.27 bits per heavy atom. The fourth-order valence-electron chi connectivity index (χ4n) is 5.21. The van der Waals surface area contributed by atoms with Crippen molar-refractivity contribution in [3.05, 3.63) is 65.6 Å². The average molecular weight is 442 g/mol. The Labute approximate surface area is 191 Å². The van der Waals surface area contributed by atoms with E-state index < -0.39 is 0 Å². The number of aromatic nitrogens is 5. The van der Waals surface area contributed by atoms with Gasteiger partial charge in [0.15, 0.2) is 0 Å². The zero-order valence-electron chi connectivity index (χ0n) is 18.6. The maximum absolute atomic E-state index is 12.7. The summed E-state index contributed by atoms with van der Waals surface area (Å²) in [6.07, 6.45) is 12.6. The number of nitrogens with one attached hydrogen (secondary N) is 2. The van der Waals surface area contributed by atoms with Gasteiger partial charge in [-0.2, -0.15) is 0 Å². The molecule has 4 aromatic heterocycles. The first-order chi connectivity index (χ1) is 16.1. The third-order valence-corrected chi connectivity index (χ3v) is 7.03. The summed E-state index contributed by atoms with van der Waals surface area (Å²) in [4.78, 5) is 30.7. The van der Waals surface area contributed by atoms with Gasteiger partial charge in [-0.3, -0.25) is 9.20 Å². The van der Waals surface area contributed by atoms with Crippen LogP contribution >= 0.6 is 0 Å². The van der Waals surface area contributed by atoms with E-state index in [1.165, 1.54) is 5.56 Å². The predicted molar refractivity (Wildman–Crippen MR) is 128 cm³/mol. The van der Waals surface area contributed by atoms with Crippen molar-refractivity contribution in [3.8, 4) is 11.4 Å². The van der Waals surface area contributed by atoms with Gasteiger partial charge >= 0.3 is 0 Å². The van der Waals surface area contributed by atoms with Crippen molar-refractivity contribution in [2.24, 2.45) is 0 Å². The van der Waals surface area contributed by atoms with E-state index in [0.29, 0.717) is 30.5 Å². The number of likely N-dealkylation sites (tertiary alicyclic amines) is 1. The van der Waals surface area contributed by atoms with Gasteiger partial charge < -0.3 is 20.6 Å². The third kappa shape index (κ3) is 3.25. The number of H-pyrrole nitrogens is 2. The van der Waals surface area contributed by atoms with Crippen LogP contribution in [0.5, 0.6) is 0 Å². The molecule has 5 heterocycles. The molecule has 2 aliphatic rings. The minimum atomic E-state index is 0.0553. The van der Waals surface area contributed by atoms with Gasteiger partial charge in [0.2, 0.25) is 0 Å². The second-order valence-electron chi connectivity index (χ2n) is 9.09. The standard InChI is InChI=1S/C25H27N7O/c1-15-4-2-5-18-17(15)14-20(29-18)21-22-23(26)28-10-13-32(22)24(30-21)16-7-11-31(12-8-16)25(33)19-6-3-9-27-19/h2-3,5-6,9-10,13-16,27,29H,4,7-8,11-12H2,1H3,(H2,26,28). The summed E-state index contributed by atoms with van der Waals surface area (Å²) in [6.45, 7) is 3.65. The van der Waals surface area contributed by atoms with Crippen LogP contribution < -0.4 is 5.73 Å². The first-order valence-electron chi connectivity index (χ1n) is 11.5. The molecule has 0 spiro atoms. The quantitative estimate of drug-likeness (QED) is 0.443. The lowest BCUT2D eigenvalue weighted by Crippen LogP contribution is -2.38. The van der Waals surface area contributed by atoms with E-state index in [4.69, 9.17) is 10.7 Å². The first-order valence-corrected chi connectivity index (χ1v) is 11.5. The highest BCUT2D eigenvalue weighted by atomic mass is 16.2. The molecule has 0 bridgehead atoms. The number of carbonyl (C=O) groups is 1. The Balaban J connectivity index is 1.34. The van der Waals surface area contributed by atoms with Crippen molar-refractivity contribution in [1.29, 1.82) is 0 Å². The number of nitrogen functional groups attached to an aromatic ring is 1. The fourth-order valence-corrected chi connectivity index (χ4v) is 5.21. The number of imidazole rings is 1. The van der Waals surface area contributed by atoms with Gasteiger partial charge in [-0.1, -0.05) is 13.0 Å². The molecular weight excluding hydrogens is 414 g/mol. The second-order valence-corrected chi connectivity index (χ2v) is 9.09. The van der Waals surface area contributed by atoms with Crippen LogP contribution in [0.25, 0.3) is 23.0 Å². The van der Waals surface area contributed by atoms with Crippen LogP contribution in [0.2, 0.25) is 0 Å². The Morgan fingerprint density at radius 3 is 2.88 bits per heavy atom. The van der Waals surface area contributed by atoms with Crippen LogP contribution in [-0.2, 0) is 0 Å². The van der Waals surface area contributed by atoms with Crippen LogP contribution in [0.1, 0.15) is 65.6 Å². The van der Waals surface area contributed by atoms with Crippen molar-refractivity contribution in [1.82, 2.24) is 29.2 Å². The number of nitrogens with zero attached hydrogens (tertiary/aromatic N) is 4. The van der Waals surface area contributed by atoms with Crippen molar-refractivity contribution < 1.29 is 4.79 Å². The molecule has 0 radical (unpaired) electrons. The third-order valence-electron chi connectivity index (χ3n) is 7.03. The van der Waals surface area contributed by atoms with E-state index in [0.717, 1.165) is 47.7 Å². The van der Waals surface area contributed by atoms with Crippen molar-refractivity contribution >= 4 is 23.3 Å². The SMILES string of the molecule is CC1CC=Cc2[nH]c(-c3nc(C4CCN(C(=O)c5ccc[nH]5)CC4)n4ccnc(N)c34)cc21. The molecule has 1 aliphatic heterocycles. The van der Waals surface area contributed by atoms with E-state index in [-0.39, 0.29) is 11.8 Å². The van der Waals surface area contributed by atoms with E-state index in [9.17, 15) is 4.79 Å². The number of aromatic amines is 2. The van der Waals surface area contributed by atoms with Gasteiger partial charge in [-0.05, 0) is 55.0 Å². The lowest BCUT2D eigenvalue weighted by Gasteiger charge is -2.31. The molecule has 8 heteroatoms. The first kappa shape index (κ1) is 19.8. The van der Waals surface area contributed by atoms with Gasteiger partial charge in [0.05, 0.1) is 5.69 Å². The van der Waals surface area contributed by atoms with Crippen molar-refractivity contribution in [3.63, 3.8) is 0 Å². The van der Waals surface area contributed by atoms with Gasteiger partial charge in [0, 0.05) is 43.3 Å². The number of amides is 1. The monoisotopic (exact) mass is 441 g/mol. The van der Waals surface area contributed by atoms with Gasteiger partial charge in [-0.25, -0.2) is 9.97 Å². The molecule has 1 saturated heterocycles. The number of anilines is 1. The molecule has 0 saturated carbocycles. The van der Waals surface area contributed by atoms with Crippen LogP contribution in [0.3, 0.4) is 0 Å². The number of allylic oxidation sites excluding steroid dienone is 1. The van der Waals surface area contributed by atoms with Crippen molar-refractivity contribution in [2.45, 2.75) is 38.0 Å². The largest absolute Gasteiger partial charge is 0.382 e. The highest BCUT2D eigenvalue weighted by Gasteiger charge is 2.29. The minimum absolute atomic E-state index is 0.0553. The predicted octanol–water partition coefficient (Wildman–Crippen LogP) is 4.17. The number of piperidine rings is 1. The van der Waals surface area contributed by atoms with Gasteiger partial charge in [0.1, 0.15) is 28.5 Å². The highest BCUT2D eigenvalue weighted by molar-refractivity contribution is 5.92. The molecule has 4 N–H and O–H groups in total. The summed E-state index contributed by atoms with van der Waals surface area (Å²) in [6, 6.07) is 5.88. The summed E-state index contributed by atoms with van der Waals surface area (Å²) in [5.41, 5.74) is 12.1. The molecule has 1 amide bonds. The van der Waals surface area contributed by atoms with Crippen molar-refractivity contribution in [2.75, 3.05) is 18.8 Å². The highest BCUT2D eigenvalue weighted by Crippen LogP contribution is 2.37. The maximum Gasteiger partial charge on any atom is 0.270 e. The molecule has 33 heavy (non-hydrogen) atoms. The van der Waals surface area contributed by atoms with E-state index >= 15 is 0 Å². The lowest BCUT2D eigenvalue weighted by atomic mass is 9.93. The summed E-state index contributed by atoms with van der Waals surface area (Å²) in [7, 11) is 0.